The zero-order chi connectivity index (χ0) is 20.2. The van der Waals surface area contributed by atoms with Crippen LogP contribution in [0.4, 0.5) is 0 Å². The molecule has 0 radical (unpaired) electrons. The number of rotatable bonds is 5. The van der Waals surface area contributed by atoms with Crippen molar-refractivity contribution in [2.45, 2.75) is 51.5 Å². The highest BCUT2D eigenvalue weighted by Gasteiger charge is 2.33. The van der Waals surface area contributed by atoms with Gasteiger partial charge < -0.3 is 10.2 Å². The van der Waals surface area contributed by atoms with Crippen LogP contribution in [0.3, 0.4) is 0 Å². The van der Waals surface area contributed by atoms with Crippen LogP contribution in [0.25, 0.3) is 0 Å². The van der Waals surface area contributed by atoms with Gasteiger partial charge in [0, 0.05) is 23.5 Å². The van der Waals surface area contributed by atoms with Crippen LogP contribution in [0.15, 0.2) is 41.8 Å². The van der Waals surface area contributed by atoms with Gasteiger partial charge >= 0.3 is 0 Å². The van der Waals surface area contributed by atoms with Crippen LogP contribution in [-0.2, 0) is 4.79 Å². The Morgan fingerprint density at radius 3 is 2.52 bits per heavy atom. The topological polar surface area (TPSA) is 49.4 Å². The summed E-state index contributed by atoms with van der Waals surface area (Å²) in [6.07, 6.45) is 6.61. The molecule has 0 spiro atoms. The third-order valence-corrected chi connectivity index (χ3v) is 7.35. The van der Waals surface area contributed by atoms with E-state index in [9.17, 15) is 9.59 Å². The summed E-state index contributed by atoms with van der Waals surface area (Å²) in [5.41, 5.74) is 1.85. The van der Waals surface area contributed by atoms with Gasteiger partial charge in [-0.15, -0.1) is 11.3 Å². The Kier molecular flexibility index (Phi) is 6.34. The predicted octanol–water partition coefficient (Wildman–Crippen LogP) is 4.96. The molecule has 2 aliphatic rings. The number of nitrogens with one attached hydrogen (secondary N) is 1. The number of carbonyl (C=O) groups is 2. The van der Waals surface area contributed by atoms with Gasteiger partial charge in [0.1, 0.15) is 0 Å². The number of benzene rings is 1. The van der Waals surface area contributed by atoms with Gasteiger partial charge in [0.2, 0.25) is 5.91 Å². The first kappa shape index (κ1) is 20.1. The van der Waals surface area contributed by atoms with E-state index in [2.05, 4.69) is 22.8 Å². The van der Waals surface area contributed by atoms with Gasteiger partial charge in [-0.1, -0.05) is 36.6 Å². The summed E-state index contributed by atoms with van der Waals surface area (Å²) in [5, 5.41) is 5.46. The zero-order valence-corrected chi connectivity index (χ0v) is 17.9. The highest BCUT2D eigenvalue weighted by molar-refractivity contribution is 7.10. The van der Waals surface area contributed by atoms with Crippen molar-refractivity contribution in [3.8, 4) is 0 Å². The Balaban J connectivity index is 1.42. The van der Waals surface area contributed by atoms with Gasteiger partial charge in [-0.3, -0.25) is 9.59 Å². The molecule has 1 saturated heterocycles. The number of amides is 2. The van der Waals surface area contributed by atoms with Crippen LogP contribution >= 0.6 is 11.3 Å². The fraction of sp³-hybridized carbons (Fsp3) is 0.500. The molecule has 1 saturated carbocycles. The maximum absolute atomic E-state index is 13.2. The van der Waals surface area contributed by atoms with Gasteiger partial charge in [0.05, 0.1) is 12.0 Å². The van der Waals surface area contributed by atoms with E-state index in [4.69, 9.17) is 0 Å². The van der Waals surface area contributed by atoms with Crippen LogP contribution in [0, 0.1) is 18.8 Å². The quantitative estimate of drug-likeness (QED) is 0.758. The number of hydrogen-bond donors (Lipinski definition) is 1. The van der Waals surface area contributed by atoms with Crippen molar-refractivity contribution in [2.75, 3.05) is 13.1 Å². The van der Waals surface area contributed by atoms with Crippen LogP contribution in [-0.4, -0.2) is 29.8 Å². The van der Waals surface area contributed by atoms with Gasteiger partial charge in [-0.25, -0.2) is 0 Å². The largest absolute Gasteiger partial charge is 0.348 e. The lowest BCUT2D eigenvalue weighted by Crippen LogP contribution is -2.46. The maximum atomic E-state index is 13.2. The van der Waals surface area contributed by atoms with E-state index in [1.807, 2.05) is 36.1 Å². The summed E-state index contributed by atoms with van der Waals surface area (Å²) in [7, 11) is 0. The highest BCUT2D eigenvalue weighted by atomic mass is 32.1. The Morgan fingerprint density at radius 2 is 1.83 bits per heavy atom. The minimum atomic E-state index is -0.123. The van der Waals surface area contributed by atoms with E-state index in [-0.39, 0.29) is 23.8 Å². The Morgan fingerprint density at radius 1 is 1.07 bits per heavy atom. The number of thiophene rings is 1. The third kappa shape index (κ3) is 4.72. The molecule has 1 aliphatic carbocycles. The van der Waals surface area contributed by atoms with E-state index in [1.165, 1.54) is 30.6 Å². The van der Waals surface area contributed by atoms with Crippen molar-refractivity contribution in [3.63, 3.8) is 0 Å². The van der Waals surface area contributed by atoms with E-state index in [0.717, 1.165) is 24.9 Å². The van der Waals surface area contributed by atoms with Crippen LogP contribution in [0.2, 0.25) is 0 Å². The SMILES string of the molecule is Cc1ccc(C(=O)N2CCCC(C(=O)NC(c3cccs3)C3CCCC3)C2)cc1. The summed E-state index contributed by atoms with van der Waals surface area (Å²) < 4.78 is 0. The second kappa shape index (κ2) is 9.12. The molecule has 1 N–H and O–H groups in total. The van der Waals surface area contributed by atoms with Gasteiger partial charge in [-0.05, 0) is 62.1 Å². The number of piperidine rings is 1. The molecular weight excluding hydrogens is 380 g/mol. The average Bonchev–Trinajstić information content (AvgIpc) is 3.46. The van der Waals surface area contributed by atoms with Crippen LogP contribution < -0.4 is 5.32 Å². The second-order valence-electron chi connectivity index (χ2n) is 8.50. The zero-order valence-electron chi connectivity index (χ0n) is 17.1. The first-order valence-electron chi connectivity index (χ1n) is 10.8. The number of hydrogen-bond acceptors (Lipinski definition) is 3. The molecule has 2 atom stereocenters. The van der Waals surface area contributed by atoms with Crippen molar-refractivity contribution in [1.29, 1.82) is 0 Å². The summed E-state index contributed by atoms with van der Waals surface area (Å²) in [6, 6.07) is 12.0. The summed E-state index contributed by atoms with van der Waals surface area (Å²) >= 11 is 1.73. The minimum absolute atomic E-state index is 0.0353. The molecule has 2 heterocycles. The third-order valence-electron chi connectivity index (χ3n) is 6.40. The summed E-state index contributed by atoms with van der Waals surface area (Å²) in [5.74, 6) is 0.554. The van der Waals surface area contributed by atoms with E-state index in [0.29, 0.717) is 18.0 Å². The minimum Gasteiger partial charge on any atom is -0.348 e. The Hall–Kier alpha value is -2.14. The molecule has 4 rings (SSSR count). The predicted molar refractivity (Wildman–Crippen MR) is 117 cm³/mol. The molecule has 0 bridgehead atoms. The molecule has 154 valence electrons. The fourth-order valence-corrected chi connectivity index (χ4v) is 5.58. The fourth-order valence-electron chi connectivity index (χ4n) is 4.71. The average molecular weight is 411 g/mol. The van der Waals surface area contributed by atoms with E-state index < -0.39 is 0 Å². The summed E-state index contributed by atoms with van der Waals surface area (Å²) in [6.45, 7) is 3.26. The van der Waals surface area contributed by atoms with Gasteiger partial charge in [0.15, 0.2) is 0 Å². The monoisotopic (exact) mass is 410 g/mol. The van der Waals surface area contributed by atoms with E-state index in [1.54, 1.807) is 11.3 Å². The van der Waals surface area contributed by atoms with Crippen molar-refractivity contribution >= 4 is 23.2 Å². The molecule has 2 fully saturated rings. The molecule has 1 aliphatic heterocycles. The normalized spacial score (nSPS) is 21.1. The first-order valence-corrected chi connectivity index (χ1v) is 11.7. The molecule has 5 heteroatoms. The maximum Gasteiger partial charge on any atom is 0.253 e. The van der Waals surface area contributed by atoms with Crippen LogP contribution in [0.5, 0.6) is 0 Å². The molecule has 2 aromatic rings. The van der Waals surface area contributed by atoms with Gasteiger partial charge in [-0.2, -0.15) is 0 Å². The molecule has 2 unspecified atom stereocenters. The molecule has 4 nitrogen and oxygen atoms in total. The highest BCUT2D eigenvalue weighted by Crippen LogP contribution is 2.37. The van der Waals surface area contributed by atoms with Crippen molar-refractivity contribution < 1.29 is 9.59 Å². The van der Waals surface area contributed by atoms with Gasteiger partial charge in [0.25, 0.3) is 5.91 Å². The molecule has 1 aromatic heterocycles. The lowest BCUT2D eigenvalue weighted by atomic mass is 9.93. The molecule has 29 heavy (non-hydrogen) atoms. The Labute approximate surface area is 177 Å². The number of aryl methyl sites for hydroxylation is 1. The second-order valence-corrected chi connectivity index (χ2v) is 9.48. The van der Waals surface area contributed by atoms with Crippen molar-refractivity contribution in [3.05, 3.63) is 57.8 Å². The summed E-state index contributed by atoms with van der Waals surface area (Å²) in [4.78, 5) is 29.2. The standard InChI is InChI=1S/C24H30N2O2S/c1-17-10-12-19(13-11-17)24(28)26-14-4-8-20(16-26)23(27)25-22(18-6-2-3-7-18)21-9-5-15-29-21/h5,9-13,15,18,20,22H,2-4,6-8,14,16H2,1H3,(H,25,27). The lowest BCUT2D eigenvalue weighted by Gasteiger charge is -2.34. The molecule has 1 aromatic carbocycles. The first-order chi connectivity index (χ1) is 14.1. The number of nitrogens with zero attached hydrogens (tertiary/aromatic N) is 1. The Bertz CT molecular complexity index is 825. The molecule has 2 amide bonds. The van der Waals surface area contributed by atoms with E-state index >= 15 is 0 Å². The number of carbonyl (C=O) groups excluding carboxylic acids is 2. The number of likely N-dealkylation sites (tertiary alicyclic amines) is 1. The lowest BCUT2D eigenvalue weighted by molar-refractivity contribution is -0.127. The van der Waals surface area contributed by atoms with Crippen molar-refractivity contribution in [1.82, 2.24) is 10.2 Å². The van der Waals surface area contributed by atoms with Crippen molar-refractivity contribution in [2.24, 2.45) is 11.8 Å². The van der Waals surface area contributed by atoms with Crippen LogP contribution in [0.1, 0.15) is 65.4 Å². The molecular formula is C24H30N2O2S. The smallest absolute Gasteiger partial charge is 0.253 e.